The Morgan fingerprint density at radius 1 is 1.25 bits per heavy atom. The SMILES string of the molecule is N#Cc1ccc2nc(CCl)n(-c3ccccc3F)c2c1. The van der Waals surface area contributed by atoms with Gasteiger partial charge in [0.05, 0.1) is 34.2 Å². The van der Waals surface area contributed by atoms with Gasteiger partial charge < -0.3 is 0 Å². The molecule has 0 aliphatic heterocycles. The molecule has 5 heteroatoms. The van der Waals surface area contributed by atoms with Gasteiger partial charge in [-0.1, -0.05) is 12.1 Å². The Morgan fingerprint density at radius 2 is 2.05 bits per heavy atom. The van der Waals surface area contributed by atoms with E-state index in [1.54, 1.807) is 41.0 Å². The van der Waals surface area contributed by atoms with E-state index in [4.69, 9.17) is 16.9 Å². The number of nitrogens with zero attached hydrogens (tertiary/aromatic N) is 3. The van der Waals surface area contributed by atoms with Crippen LogP contribution in [0.1, 0.15) is 11.4 Å². The van der Waals surface area contributed by atoms with Gasteiger partial charge in [-0.2, -0.15) is 5.26 Å². The quantitative estimate of drug-likeness (QED) is 0.673. The summed E-state index contributed by atoms with van der Waals surface area (Å²) in [5.74, 6) is 0.340. The van der Waals surface area contributed by atoms with Crippen molar-refractivity contribution in [2.75, 3.05) is 0 Å². The number of para-hydroxylation sites is 1. The van der Waals surface area contributed by atoms with Gasteiger partial charge in [0.15, 0.2) is 0 Å². The number of aromatic nitrogens is 2. The summed E-state index contributed by atoms with van der Waals surface area (Å²) < 4.78 is 15.7. The highest BCUT2D eigenvalue weighted by atomic mass is 35.5. The Kier molecular flexibility index (Phi) is 3.13. The first-order valence-corrected chi connectivity index (χ1v) is 6.50. The standard InChI is InChI=1S/C15H9ClFN3/c16-8-15-19-12-6-5-10(9-18)7-14(12)20(15)13-4-2-1-3-11(13)17/h1-7H,8H2. The second-order valence-corrected chi connectivity index (χ2v) is 4.53. The fourth-order valence-electron chi connectivity index (χ4n) is 2.19. The van der Waals surface area contributed by atoms with Crippen LogP contribution in [0.4, 0.5) is 4.39 Å². The summed E-state index contributed by atoms with van der Waals surface area (Å²) in [6, 6.07) is 13.6. The van der Waals surface area contributed by atoms with Crippen molar-refractivity contribution >= 4 is 22.6 Å². The molecular formula is C15H9ClFN3. The molecule has 0 aliphatic carbocycles. The number of fused-ring (bicyclic) bond motifs is 1. The van der Waals surface area contributed by atoms with Gasteiger partial charge in [-0.05, 0) is 30.3 Å². The van der Waals surface area contributed by atoms with Crippen molar-refractivity contribution in [1.29, 1.82) is 5.26 Å². The van der Waals surface area contributed by atoms with Crippen LogP contribution in [0.15, 0.2) is 42.5 Å². The first-order valence-electron chi connectivity index (χ1n) is 5.97. The zero-order valence-electron chi connectivity index (χ0n) is 10.3. The Morgan fingerprint density at radius 3 is 2.75 bits per heavy atom. The number of imidazole rings is 1. The number of hydrogen-bond donors (Lipinski definition) is 0. The number of alkyl halides is 1. The minimum Gasteiger partial charge on any atom is -0.292 e. The van der Waals surface area contributed by atoms with E-state index in [0.717, 1.165) is 0 Å². The third-order valence-corrected chi connectivity index (χ3v) is 3.30. The molecule has 0 bridgehead atoms. The van der Waals surface area contributed by atoms with Crippen LogP contribution < -0.4 is 0 Å². The van der Waals surface area contributed by atoms with Crippen LogP contribution in [0.3, 0.4) is 0 Å². The average Bonchev–Trinajstić information content (AvgIpc) is 2.85. The molecule has 98 valence electrons. The van der Waals surface area contributed by atoms with Crippen LogP contribution >= 0.6 is 11.6 Å². The summed E-state index contributed by atoms with van der Waals surface area (Å²) in [7, 11) is 0. The summed E-state index contributed by atoms with van der Waals surface area (Å²) in [5, 5.41) is 9.00. The predicted molar refractivity (Wildman–Crippen MR) is 75.3 cm³/mol. The van der Waals surface area contributed by atoms with Gasteiger partial charge in [0.1, 0.15) is 11.6 Å². The van der Waals surface area contributed by atoms with Crippen molar-refractivity contribution in [3.8, 4) is 11.8 Å². The van der Waals surface area contributed by atoms with E-state index in [0.29, 0.717) is 28.1 Å². The monoisotopic (exact) mass is 285 g/mol. The average molecular weight is 286 g/mol. The van der Waals surface area contributed by atoms with Crippen LogP contribution in [-0.4, -0.2) is 9.55 Å². The second-order valence-electron chi connectivity index (χ2n) is 4.26. The maximum atomic E-state index is 14.0. The van der Waals surface area contributed by atoms with Crippen molar-refractivity contribution < 1.29 is 4.39 Å². The highest BCUT2D eigenvalue weighted by Crippen LogP contribution is 2.25. The van der Waals surface area contributed by atoms with E-state index in [2.05, 4.69) is 11.1 Å². The maximum absolute atomic E-state index is 14.0. The van der Waals surface area contributed by atoms with Crippen LogP contribution in [-0.2, 0) is 5.88 Å². The van der Waals surface area contributed by atoms with E-state index in [1.165, 1.54) is 6.07 Å². The zero-order valence-corrected chi connectivity index (χ0v) is 11.1. The highest BCUT2D eigenvalue weighted by molar-refractivity contribution is 6.17. The first-order chi connectivity index (χ1) is 9.74. The fraction of sp³-hybridized carbons (Fsp3) is 0.0667. The molecule has 0 unspecified atom stereocenters. The van der Waals surface area contributed by atoms with Crippen molar-refractivity contribution in [3.05, 3.63) is 59.7 Å². The van der Waals surface area contributed by atoms with Gasteiger partial charge >= 0.3 is 0 Å². The van der Waals surface area contributed by atoms with Crippen LogP contribution in [0.25, 0.3) is 16.7 Å². The first kappa shape index (κ1) is 12.6. The van der Waals surface area contributed by atoms with E-state index in [1.807, 2.05) is 0 Å². The Balaban J connectivity index is 2.38. The molecule has 3 rings (SSSR count). The number of hydrogen-bond acceptors (Lipinski definition) is 2. The molecule has 0 amide bonds. The Labute approximate surface area is 119 Å². The topological polar surface area (TPSA) is 41.6 Å². The molecule has 0 radical (unpaired) electrons. The van der Waals surface area contributed by atoms with Gasteiger partial charge in [-0.25, -0.2) is 9.37 Å². The van der Waals surface area contributed by atoms with Gasteiger partial charge in [0.25, 0.3) is 0 Å². The van der Waals surface area contributed by atoms with E-state index < -0.39 is 0 Å². The van der Waals surface area contributed by atoms with Crippen LogP contribution in [0.2, 0.25) is 0 Å². The molecule has 0 fully saturated rings. The Hall–Kier alpha value is -2.38. The minimum atomic E-state index is -0.361. The lowest BCUT2D eigenvalue weighted by Gasteiger charge is -2.08. The van der Waals surface area contributed by atoms with Crippen LogP contribution in [0, 0.1) is 17.1 Å². The summed E-state index contributed by atoms with van der Waals surface area (Å²) in [5.41, 5.74) is 2.23. The lowest BCUT2D eigenvalue weighted by molar-refractivity contribution is 0.618. The molecule has 1 aromatic heterocycles. The van der Waals surface area contributed by atoms with Gasteiger partial charge in [0, 0.05) is 0 Å². The lowest BCUT2D eigenvalue weighted by Crippen LogP contribution is -2.01. The largest absolute Gasteiger partial charge is 0.292 e. The zero-order chi connectivity index (χ0) is 14.1. The summed E-state index contributed by atoms with van der Waals surface area (Å²) >= 11 is 5.91. The smallest absolute Gasteiger partial charge is 0.147 e. The summed E-state index contributed by atoms with van der Waals surface area (Å²) in [4.78, 5) is 4.38. The van der Waals surface area contributed by atoms with Crippen molar-refractivity contribution in [3.63, 3.8) is 0 Å². The molecule has 0 saturated heterocycles. The molecule has 0 atom stereocenters. The van der Waals surface area contributed by atoms with Crippen molar-refractivity contribution in [2.45, 2.75) is 5.88 Å². The molecule has 1 heterocycles. The molecule has 0 spiro atoms. The van der Waals surface area contributed by atoms with Gasteiger partial charge in [-0.3, -0.25) is 4.57 Å². The number of halogens is 2. The normalized spacial score (nSPS) is 10.7. The third kappa shape index (κ3) is 1.93. The number of nitriles is 1. The molecular weight excluding hydrogens is 277 g/mol. The third-order valence-electron chi connectivity index (χ3n) is 3.07. The minimum absolute atomic E-state index is 0.158. The van der Waals surface area contributed by atoms with Gasteiger partial charge in [0.2, 0.25) is 0 Å². The number of benzene rings is 2. The molecule has 2 aromatic carbocycles. The maximum Gasteiger partial charge on any atom is 0.147 e. The van der Waals surface area contributed by atoms with E-state index in [-0.39, 0.29) is 11.7 Å². The molecule has 3 nitrogen and oxygen atoms in total. The second kappa shape index (κ2) is 4.95. The molecule has 0 N–H and O–H groups in total. The van der Waals surface area contributed by atoms with E-state index in [9.17, 15) is 4.39 Å². The summed E-state index contributed by atoms with van der Waals surface area (Å²) in [6.07, 6.45) is 0. The van der Waals surface area contributed by atoms with E-state index >= 15 is 0 Å². The molecule has 3 aromatic rings. The lowest BCUT2D eigenvalue weighted by atomic mass is 10.2. The highest BCUT2D eigenvalue weighted by Gasteiger charge is 2.14. The summed E-state index contributed by atoms with van der Waals surface area (Å²) in [6.45, 7) is 0. The van der Waals surface area contributed by atoms with Gasteiger partial charge in [-0.15, -0.1) is 11.6 Å². The fourth-order valence-corrected chi connectivity index (χ4v) is 2.37. The molecule has 0 saturated carbocycles. The molecule has 0 aliphatic rings. The van der Waals surface area contributed by atoms with Crippen molar-refractivity contribution in [1.82, 2.24) is 9.55 Å². The Bertz CT molecular complexity index is 833. The number of rotatable bonds is 2. The van der Waals surface area contributed by atoms with Crippen molar-refractivity contribution in [2.24, 2.45) is 0 Å². The predicted octanol–water partition coefficient (Wildman–Crippen LogP) is 3.78. The van der Waals surface area contributed by atoms with Crippen LogP contribution in [0.5, 0.6) is 0 Å². The molecule has 20 heavy (non-hydrogen) atoms.